The quantitative estimate of drug-likeness (QED) is 0.903. The Morgan fingerprint density at radius 2 is 2.09 bits per heavy atom. The van der Waals surface area contributed by atoms with Crippen LogP contribution in [0.1, 0.15) is 37.9 Å². The van der Waals surface area contributed by atoms with Crippen molar-refractivity contribution in [3.05, 3.63) is 16.1 Å². The molecule has 1 saturated heterocycles. The Morgan fingerprint density at radius 3 is 2.55 bits per heavy atom. The van der Waals surface area contributed by atoms with Gasteiger partial charge in [0.25, 0.3) is 0 Å². The lowest BCUT2D eigenvalue weighted by atomic mass is 9.98. The van der Waals surface area contributed by atoms with Gasteiger partial charge in [-0.3, -0.25) is 4.79 Å². The zero-order valence-electron chi connectivity index (χ0n) is 12.7. The number of alkyl halides is 3. The molecule has 0 spiro atoms. The molecule has 1 N–H and O–H groups in total. The highest BCUT2D eigenvalue weighted by Gasteiger charge is 2.57. The van der Waals surface area contributed by atoms with Crippen molar-refractivity contribution in [1.29, 1.82) is 0 Å². The predicted molar refractivity (Wildman–Crippen MR) is 76.7 cm³/mol. The Labute approximate surface area is 131 Å². The molecule has 1 aromatic rings. The molecule has 1 fully saturated rings. The van der Waals surface area contributed by atoms with Crippen molar-refractivity contribution in [2.45, 2.75) is 50.8 Å². The Morgan fingerprint density at radius 1 is 1.45 bits per heavy atom. The minimum atomic E-state index is -4.72. The largest absolute Gasteiger partial charge is 0.419 e. The second-order valence-corrected chi connectivity index (χ2v) is 7.52. The molecule has 124 valence electrons. The third-order valence-electron chi connectivity index (χ3n) is 3.65. The number of nitrogens with zero attached hydrogens (tertiary/aromatic N) is 2. The van der Waals surface area contributed by atoms with Gasteiger partial charge in [0, 0.05) is 23.8 Å². The van der Waals surface area contributed by atoms with Crippen LogP contribution in [0.3, 0.4) is 0 Å². The summed E-state index contributed by atoms with van der Waals surface area (Å²) in [5.74, 6) is -0.439. The first kappa shape index (κ1) is 17.2. The first-order valence-corrected chi connectivity index (χ1v) is 7.82. The predicted octanol–water partition coefficient (Wildman–Crippen LogP) is 2.51. The van der Waals surface area contributed by atoms with Gasteiger partial charge in [0.15, 0.2) is 5.60 Å². The highest BCUT2D eigenvalue weighted by molar-refractivity contribution is 7.09. The van der Waals surface area contributed by atoms with Crippen LogP contribution in [0.25, 0.3) is 0 Å². The molecule has 0 aromatic carbocycles. The van der Waals surface area contributed by atoms with Crippen LogP contribution in [0.2, 0.25) is 0 Å². The number of carbonyl (C=O) groups is 1. The maximum atomic E-state index is 12.7. The van der Waals surface area contributed by atoms with Gasteiger partial charge in [-0.15, -0.1) is 11.3 Å². The molecule has 4 nitrogen and oxygen atoms in total. The van der Waals surface area contributed by atoms with E-state index in [1.165, 1.54) is 11.3 Å². The SMILES string of the molecule is CC(C)(C)c1nc(CC(=O)N2CCC(O)(C(F)(F)F)C2)cs1. The fraction of sp³-hybridized carbons (Fsp3) is 0.714. The molecule has 0 bridgehead atoms. The number of β-amino-alcohol motifs (C(OH)–C–C–N with tert-alkyl or cyclic N) is 1. The van der Waals surface area contributed by atoms with Gasteiger partial charge in [-0.25, -0.2) is 4.98 Å². The first-order chi connectivity index (χ1) is 9.92. The summed E-state index contributed by atoms with van der Waals surface area (Å²) >= 11 is 1.43. The van der Waals surface area contributed by atoms with Crippen LogP contribution in [-0.4, -0.2) is 45.8 Å². The van der Waals surface area contributed by atoms with Gasteiger partial charge >= 0.3 is 6.18 Å². The van der Waals surface area contributed by atoms with Gasteiger partial charge in [-0.1, -0.05) is 20.8 Å². The summed E-state index contributed by atoms with van der Waals surface area (Å²) in [6.07, 6.45) is -5.24. The van der Waals surface area contributed by atoms with Gasteiger partial charge in [0.2, 0.25) is 5.91 Å². The molecular formula is C14H19F3N2O2S. The van der Waals surface area contributed by atoms with E-state index in [9.17, 15) is 23.1 Å². The fourth-order valence-electron chi connectivity index (χ4n) is 2.24. The zero-order chi connectivity index (χ0) is 16.8. The Bertz CT molecular complexity index is 565. The Balaban J connectivity index is 2.01. The Kier molecular flexibility index (Phi) is 4.29. The van der Waals surface area contributed by atoms with Crippen molar-refractivity contribution >= 4 is 17.2 Å². The van der Waals surface area contributed by atoms with E-state index in [0.717, 1.165) is 9.91 Å². The minimum absolute atomic E-state index is 0.0412. The second kappa shape index (κ2) is 5.49. The topological polar surface area (TPSA) is 53.4 Å². The molecule has 0 aliphatic carbocycles. The molecule has 8 heteroatoms. The number of hydrogen-bond donors (Lipinski definition) is 1. The maximum Gasteiger partial charge on any atom is 0.419 e. The number of likely N-dealkylation sites (tertiary alicyclic amines) is 1. The molecule has 2 heterocycles. The molecule has 2 rings (SSSR count). The van der Waals surface area contributed by atoms with Gasteiger partial charge < -0.3 is 10.0 Å². The van der Waals surface area contributed by atoms with E-state index >= 15 is 0 Å². The van der Waals surface area contributed by atoms with Crippen LogP contribution in [0.4, 0.5) is 13.2 Å². The molecule has 1 unspecified atom stereocenters. The van der Waals surface area contributed by atoms with Crippen LogP contribution in [0.15, 0.2) is 5.38 Å². The van der Waals surface area contributed by atoms with Crippen LogP contribution < -0.4 is 0 Å². The van der Waals surface area contributed by atoms with Crippen molar-refractivity contribution in [2.24, 2.45) is 0 Å². The summed E-state index contributed by atoms with van der Waals surface area (Å²) in [5, 5.41) is 12.2. The number of aliphatic hydroxyl groups is 1. The summed E-state index contributed by atoms with van der Waals surface area (Å²) in [7, 11) is 0. The van der Waals surface area contributed by atoms with Crippen LogP contribution >= 0.6 is 11.3 Å². The highest BCUT2D eigenvalue weighted by atomic mass is 32.1. The molecule has 0 saturated carbocycles. The van der Waals surface area contributed by atoms with Crippen LogP contribution in [0, 0.1) is 0 Å². The number of carbonyl (C=O) groups excluding carboxylic acids is 1. The monoisotopic (exact) mass is 336 g/mol. The third-order valence-corrected chi connectivity index (χ3v) is 4.97. The van der Waals surface area contributed by atoms with E-state index in [2.05, 4.69) is 4.98 Å². The molecular weight excluding hydrogens is 317 g/mol. The van der Waals surface area contributed by atoms with Crippen molar-refractivity contribution in [1.82, 2.24) is 9.88 Å². The zero-order valence-corrected chi connectivity index (χ0v) is 13.5. The maximum absolute atomic E-state index is 12.7. The van der Waals surface area contributed by atoms with E-state index in [1.54, 1.807) is 5.38 Å². The van der Waals surface area contributed by atoms with E-state index < -0.39 is 30.7 Å². The standard InChI is InChI=1S/C14H19F3N2O2S/c1-12(2,3)11-18-9(7-22-11)6-10(20)19-5-4-13(21,8-19)14(15,16)17/h7,21H,4-6,8H2,1-3H3. The fourth-order valence-corrected chi connectivity index (χ4v) is 3.14. The number of thiazole rings is 1. The summed E-state index contributed by atoms with van der Waals surface area (Å²) in [6, 6.07) is 0. The average molecular weight is 336 g/mol. The third kappa shape index (κ3) is 3.43. The second-order valence-electron chi connectivity index (χ2n) is 6.67. The van der Waals surface area contributed by atoms with Gasteiger partial charge in [0.1, 0.15) is 0 Å². The van der Waals surface area contributed by atoms with Crippen LogP contribution in [-0.2, 0) is 16.6 Å². The summed E-state index contributed by atoms with van der Waals surface area (Å²) in [6.45, 7) is 5.21. The Hall–Kier alpha value is -1.15. The van der Waals surface area contributed by atoms with E-state index in [4.69, 9.17) is 0 Å². The number of hydrogen-bond acceptors (Lipinski definition) is 4. The lowest BCUT2D eigenvalue weighted by Gasteiger charge is -2.25. The number of aromatic nitrogens is 1. The first-order valence-electron chi connectivity index (χ1n) is 6.94. The molecule has 1 aliphatic heterocycles. The summed E-state index contributed by atoms with van der Waals surface area (Å²) < 4.78 is 38.2. The van der Waals surface area contributed by atoms with E-state index in [1.807, 2.05) is 20.8 Å². The molecule has 0 radical (unpaired) electrons. The molecule has 22 heavy (non-hydrogen) atoms. The lowest BCUT2D eigenvalue weighted by molar-refractivity contribution is -0.253. The van der Waals surface area contributed by atoms with Crippen molar-refractivity contribution < 1.29 is 23.1 Å². The van der Waals surface area contributed by atoms with Gasteiger partial charge in [-0.2, -0.15) is 13.2 Å². The van der Waals surface area contributed by atoms with Gasteiger partial charge in [-0.05, 0) is 0 Å². The molecule has 1 atom stereocenters. The minimum Gasteiger partial charge on any atom is -0.379 e. The molecule has 1 amide bonds. The summed E-state index contributed by atoms with van der Waals surface area (Å²) in [4.78, 5) is 17.5. The lowest BCUT2D eigenvalue weighted by Crippen LogP contribution is -2.48. The van der Waals surface area contributed by atoms with Crippen molar-refractivity contribution in [3.63, 3.8) is 0 Å². The highest BCUT2D eigenvalue weighted by Crippen LogP contribution is 2.37. The van der Waals surface area contributed by atoms with E-state index in [-0.39, 0.29) is 18.4 Å². The van der Waals surface area contributed by atoms with Gasteiger partial charge in [0.05, 0.1) is 23.7 Å². The number of halogens is 3. The number of amides is 1. The van der Waals surface area contributed by atoms with Crippen molar-refractivity contribution in [2.75, 3.05) is 13.1 Å². The van der Waals surface area contributed by atoms with E-state index in [0.29, 0.717) is 5.69 Å². The molecule has 1 aliphatic rings. The smallest absolute Gasteiger partial charge is 0.379 e. The van der Waals surface area contributed by atoms with Crippen LogP contribution in [0.5, 0.6) is 0 Å². The number of rotatable bonds is 2. The van der Waals surface area contributed by atoms with Crippen molar-refractivity contribution in [3.8, 4) is 0 Å². The summed E-state index contributed by atoms with van der Waals surface area (Å²) in [5.41, 5.74) is -2.36. The average Bonchev–Trinajstić information content (AvgIpc) is 2.95. The normalized spacial score (nSPS) is 23.1. The molecule has 1 aromatic heterocycles.